The second-order valence-corrected chi connectivity index (χ2v) is 9.88. The molecule has 1 aliphatic rings. The average molecular weight is 398 g/mol. The van der Waals surface area contributed by atoms with E-state index in [2.05, 4.69) is 26.3 Å². The number of hydrogen-bond acceptors (Lipinski definition) is 7. The summed E-state index contributed by atoms with van der Waals surface area (Å²) in [4.78, 5) is 11.5. The fourth-order valence-corrected chi connectivity index (χ4v) is 4.27. The van der Waals surface area contributed by atoms with Gasteiger partial charge >= 0.3 is 5.97 Å². The van der Waals surface area contributed by atoms with Crippen LogP contribution >= 0.6 is 11.8 Å². The number of esters is 1. The molecule has 0 amide bonds. The van der Waals surface area contributed by atoms with Gasteiger partial charge in [0.2, 0.25) is 0 Å². The SMILES string of the molecule is COC(=O)Cc1ccc(O)c(OC2CCC(NO)CC2CSC(C)(C)C)c1. The van der Waals surface area contributed by atoms with Gasteiger partial charge in [0.05, 0.1) is 13.5 Å². The highest BCUT2D eigenvalue weighted by Gasteiger charge is 2.33. The first-order valence-electron chi connectivity index (χ1n) is 9.30. The molecule has 1 fully saturated rings. The first-order valence-corrected chi connectivity index (χ1v) is 10.3. The molecule has 3 unspecified atom stereocenters. The van der Waals surface area contributed by atoms with Crippen molar-refractivity contribution in [1.29, 1.82) is 0 Å². The van der Waals surface area contributed by atoms with Crippen LogP contribution in [0.15, 0.2) is 18.2 Å². The Balaban J connectivity index is 2.12. The van der Waals surface area contributed by atoms with Crippen LogP contribution in [0.3, 0.4) is 0 Å². The fourth-order valence-electron chi connectivity index (χ4n) is 3.21. The number of carbonyl (C=O) groups excluding carboxylic acids is 1. The van der Waals surface area contributed by atoms with Crippen LogP contribution < -0.4 is 10.2 Å². The Hall–Kier alpha value is -1.44. The van der Waals surface area contributed by atoms with Crippen LogP contribution in [0.5, 0.6) is 11.5 Å². The number of methoxy groups -OCH3 is 1. The molecule has 0 aromatic heterocycles. The molecule has 0 saturated heterocycles. The largest absolute Gasteiger partial charge is 0.504 e. The molecule has 1 aliphatic carbocycles. The maximum Gasteiger partial charge on any atom is 0.309 e. The number of phenols is 1. The monoisotopic (exact) mass is 397 g/mol. The van der Waals surface area contributed by atoms with Gasteiger partial charge in [-0.3, -0.25) is 4.79 Å². The number of hydroxylamine groups is 1. The lowest BCUT2D eigenvalue weighted by molar-refractivity contribution is -0.139. The number of thioether (sulfide) groups is 1. The van der Waals surface area contributed by atoms with E-state index < -0.39 is 0 Å². The highest BCUT2D eigenvalue weighted by atomic mass is 32.2. The zero-order chi connectivity index (χ0) is 20.0. The highest BCUT2D eigenvalue weighted by Crippen LogP contribution is 2.37. The van der Waals surface area contributed by atoms with Crippen molar-refractivity contribution in [3.63, 3.8) is 0 Å². The van der Waals surface area contributed by atoms with Gasteiger partial charge in [0.15, 0.2) is 11.5 Å². The molecule has 1 aromatic rings. The minimum absolute atomic E-state index is 0.0521. The van der Waals surface area contributed by atoms with E-state index in [1.807, 2.05) is 11.8 Å². The molecule has 3 atom stereocenters. The van der Waals surface area contributed by atoms with E-state index in [4.69, 9.17) is 9.47 Å². The van der Waals surface area contributed by atoms with E-state index in [0.29, 0.717) is 5.75 Å². The predicted molar refractivity (Wildman–Crippen MR) is 107 cm³/mol. The number of aromatic hydroxyl groups is 1. The van der Waals surface area contributed by atoms with Crippen molar-refractivity contribution < 1.29 is 24.6 Å². The number of ether oxygens (including phenoxy) is 2. The Morgan fingerprint density at radius 1 is 1.33 bits per heavy atom. The molecule has 6 nitrogen and oxygen atoms in total. The molecule has 7 heteroatoms. The first-order chi connectivity index (χ1) is 12.7. The number of benzene rings is 1. The normalized spacial score (nSPS) is 23.1. The van der Waals surface area contributed by atoms with Crippen LogP contribution in [-0.2, 0) is 16.0 Å². The Morgan fingerprint density at radius 2 is 2.07 bits per heavy atom. The maximum atomic E-state index is 11.5. The zero-order valence-corrected chi connectivity index (χ0v) is 17.3. The molecular weight excluding hydrogens is 366 g/mol. The molecule has 3 N–H and O–H groups in total. The van der Waals surface area contributed by atoms with Gasteiger partial charge < -0.3 is 19.8 Å². The van der Waals surface area contributed by atoms with E-state index in [9.17, 15) is 15.1 Å². The number of nitrogens with one attached hydrogen (secondary N) is 1. The van der Waals surface area contributed by atoms with Gasteiger partial charge in [0.1, 0.15) is 6.10 Å². The molecule has 0 spiro atoms. The summed E-state index contributed by atoms with van der Waals surface area (Å²) >= 11 is 1.87. The first kappa shape index (κ1) is 21.9. The number of carbonyl (C=O) groups is 1. The van der Waals surface area contributed by atoms with Gasteiger partial charge in [-0.05, 0) is 37.0 Å². The molecule has 1 aromatic carbocycles. The zero-order valence-electron chi connectivity index (χ0n) is 16.5. The van der Waals surface area contributed by atoms with Gasteiger partial charge in [0, 0.05) is 22.5 Å². The third-order valence-corrected chi connectivity index (χ3v) is 6.17. The molecule has 0 bridgehead atoms. The van der Waals surface area contributed by atoms with Crippen molar-refractivity contribution in [3.05, 3.63) is 23.8 Å². The molecule has 1 saturated carbocycles. The summed E-state index contributed by atoms with van der Waals surface area (Å²) in [5, 5.41) is 19.5. The van der Waals surface area contributed by atoms with E-state index in [-0.39, 0.29) is 41.0 Å². The second kappa shape index (κ2) is 9.66. The van der Waals surface area contributed by atoms with Crippen LogP contribution in [0.1, 0.15) is 45.6 Å². The van der Waals surface area contributed by atoms with Crippen molar-refractivity contribution in [3.8, 4) is 11.5 Å². The van der Waals surface area contributed by atoms with Crippen molar-refractivity contribution in [2.75, 3.05) is 12.9 Å². The van der Waals surface area contributed by atoms with Gasteiger partial charge in [-0.1, -0.05) is 26.8 Å². The van der Waals surface area contributed by atoms with Crippen LogP contribution in [0.4, 0.5) is 0 Å². The van der Waals surface area contributed by atoms with Crippen LogP contribution in [-0.4, -0.2) is 46.0 Å². The number of rotatable bonds is 7. The van der Waals surface area contributed by atoms with Crippen LogP contribution in [0.2, 0.25) is 0 Å². The summed E-state index contributed by atoms with van der Waals surface area (Å²) in [6, 6.07) is 5.01. The molecule has 152 valence electrons. The van der Waals surface area contributed by atoms with Crippen molar-refractivity contribution in [1.82, 2.24) is 5.48 Å². The summed E-state index contributed by atoms with van der Waals surface area (Å²) in [7, 11) is 1.35. The summed E-state index contributed by atoms with van der Waals surface area (Å²) in [6.07, 6.45) is 2.49. The Labute approximate surface area is 165 Å². The topological polar surface area (TPSA) is 88.0 Å². The van der Waals surface area contributed by atoms with E-state index in [0.717, 1.165) is 30.6 Å². The lowest BCUT2D eigenvalue weighted by atomic mass is 9.84. The number of phenolic OH excluding ortho intramolecular Hbond substituents is 1. The number of hydrogen-bond donors (Lipinski definition) is 3. The molecule has 0 aliphatic heterocycles. The Morgan fingerprint density at radius 3 is 2.70 bits per heavy atom. The van der Waals surface area contributed by atoms with Gasteiger partial charge in [-0.2, -0.15) is 11.8 Å². The minimum atomic E-state index is -0.333. The lowest BCUT2D eigenvalue weighted by Gasteiger charge is -2.36. The Bertz CT molecular complexity index is 631. The minimum Gasteiger partial charge on any atom is -0.504 e. The predicted octanol–water partition coefficient (Wildman–Crippen LogP) is 3.53. The van der Waals surface area contributed by atoms with Crippen molar-refractivity contribution in [2.45, 2.75) is 63.3 Å². The van der Waals surface area contributed by atoms with Crippen LogP contribution in [0.25, 0.3) is 0 Å². The van der Waals surface area contributed by atoms with E-state index in [1.54, 1.807) is 18.2 Å². The average Bonchev–Trinajstić information content (AvgIpc) is 2.62. The van der Waals surface area contributed by atoms with Gasteiger partial charge in [-0.15, -0.1) is 0 Å². The van der Waals surface area contributed by atoms with Crippen LogP contribution in [0, 0.1) is 5.92 Å². The van der Waals surface area contributed by atoms with Gasteiger partial charge in [-0.25, -0.2) is 5.48 Å². The Kier molecular flexibility index (Phi) is 7.82. The summed E-state index contributed by atoms with van der Waals surface area (Å²) in [6.45, 7) is 6.54. The third kappa shape index (κ3) is 6.90. The van der Waals surface area contributed by atoms with E-state index in [1.165, 1.54) is 7.11 Å². The highest BCUT2D eigenvalue weighted by molar-refractivity contribution is 8.00. The molecule has 27 heavy (non-hydrogen) atoms. The maximum absolute atomic E-state index is 11.5. The van der Waals surface area contributed by atoms with E-state index >= 15 is 0 Å². The smallest absolute Gasteiger partial charge is 0.309 e. The standard InChI is InChI=1S/C20H31NO5S/c1-20(2,3)27-12-14-11-15(21-24)6-8-17(14)26-18-9-13(5-7-16(18)22)10-19(23)25-4/h5,7,9,14-15,17,21-22,24H,6,8,10-12H2,1-4H3. The van der Waals surface area contributed by atoms with Gasteiger partial charge in [0.25, 0.3) is 0 Å². The summed E-state index contributed by atoms with van der Waals surface area (Å²) in [5.74, 6) is 1.28. The third-order valence-electron chi connectivity index (χ3n) is 4.70. The molecular formula is C20H31NO5S. The quantitative estimate of drug-likeness (QED) is 0.479. The lowest BCUT2D eigenvalue weighted by Crippen LogP contribution is -2.42. The van der Waals surface area contributed by atoms with Crippen molar-refractivity contribution >= 4 is 17.7 Å². The molecule has 2 rings (SSSR count). The summed E-state index contributed by atoms with van der Waals surface area (Å²) < 4.78 is 11.0. The summed E-state index contributed by atoms with van der Waals surface area (Å²) in [5.41, 5.74) is 3.14. The second-order valence-electron chi connectivity index (χ2n) is 8.03. The van der Waals surface area contributed by atoms with Crippen molar-refractivity contribution in [2.24, 2.45) is 5.92 Å². The fraction of sp³-hybridized carbons (Fsp3) is 0.650. The molecule has 0 heterocycles. The molecule has 0 radical (unpaired) electrons.